The van der Waals surface area contributed by atoms with Crippen LogP contribution in [0.3, 0.4) is 0 Å². The van der Waals surface area contributed by atoms with E-state index in [1.165, 1.54) is 16.3 Å². The van der Waals surface area contributed by atoms with E-state index >= 15 is 0 Å². The molecule has 0 saturated heterocycles. The third-order valence-electron chi connectivity index (χ3n) is 4.12. The van der Waals surface area contributed by atoms with E-state index in [9.17, 15) is 0 Å². The molecule has 22 heavy (non-hydrogen) atoms. The lowest BCUT2D eigenvalue weighted by atomic mass is 9.94. The van der Waals surface area contributed by atoms with Gasteiger partial charge in [0, 0.05) is 22.5 Å². The fourth-order valence-electron chi connectivity index (χ4n) is 3.06. The summed E-state index contributed by atoms with van der Waals surface area (Å²) in [5.41, 5.74) is 5.19. The molecule has 4 rings (SSSR count). The van der Waals surface area contributed by atoms with Gasteiger partial charge in [0.1, 0.15) is 11.2 Å². The first kappa shape index (κ1) is 13.1. The zero-order chi connectivity index (χ0) is 15.1. The van der Waals surface area contributed by atoms with Gasteiger partial charge < -0.3 is 4.42 Å². The van der Waals surface area contributed by atoms with Crippen LogP contribution in [0.1, 0.15) is 25.3 Å². The lowest BCUT2D eigenvalue weighted by Crippen LogP contribution is -1.90. The van der Waals surface area contributed by atoms with Crippen molar-refractivity contribution in [3.05, 3.63) is 66.4 Å². The minimum absolute atomic E-state index is 0.446. The number of pyridine rings is 1. The van der Waals surface area contributed by atoms with E-state index in [0.29, 0.717) is 5.92 Å². The van der Waals surface area contributed by atoms with Crippen LogP contribution < -0.4 is 0 Å². The monoisotopic (exact) mass is 287 g/mol. The molecule has 0 unspecified atom stereocenters. The molecule has 108 valence electrons. The second kappa shape index (κ2) is 4.99. The predicted molar refractivity (Wildman–Crippen MR) is 91.0 cm³/mol. The molecule has 2 aromatic heterocycles. The second-order valence-corrected chi connectivity index (χ2v) is 5.87. The number of aromatic nitrogens is 1. The SMILES string of the molecule is CC(C)c1ccc(-c2ccccn2)c2oc3ccccc3c12. The molecule has 0 saturated carbocycles. The van der Waals surface area contributed by atoms with E-state index in [4.69, 9.17) is 4.42 Å². The number of para-hydroxylation sites is 1. The summed E-state index contributed by atoms with van der Waals surface area (Å²) in [7, 11) is 0. The molecule has 4 aromatic rings. The molecule has 2 heteroatoms. The number of furan rings is 1. The molecule has 0 bridgehead atoms. The van der Waals surface area contributed by atoms with Crippen LogP contribution in [0.15, 0.2) is 65.2 Å². The van der Waals surface area contributed by atoms with Crippen LogP contribution in [-0.2, 0) is 0 Å². The Morgan fingerprint density at radius 2 is 1.73 bits per heavy atom. The molecule has 0 amide bonds. The molecule has 0 atom stereocenters. The van der Waals surface area contributed by atoms with Crippen LogP contribution in [0, 0.1) is 0 Å². The first-order valence-electron chi connectivity index (χ1n) is 7.61. The van der Waals surface area contributed by atoms with Crippen molar-refractivity contribution in [2.45, 2.75) is 19.8 Å². The van der Waals surface area contributed by atoms with Crippen molar-refractivity contribution < 1.29 is 4.42 Å². The number of nitrogens with zero attached hydrogens (tertiary/aromatic N) is 1. The average molecular weight is 287 g/mol. The van der Waals surface area contributed by atoms with E-state index in [1.54, 1.807) is 0 Å². The van der Waals surface area contributed by atoms with Gasteiger partial charge in [0.2, 0.25) is 0 Å². The first-order chi connectivity index (χ1) is 10.8. The molecule has 0 N–H and O–H groups in total. The van der Waals surface area contributed by atoms with Gasteiger partial charge in [0.15, 0.2) is 0 Å². The van der Waals surface area contributed by atoms with E-state index in [2.05, 4.69) is 43.1 Å². The van der Waals surface area contributed by atoms with Crippen molar-refractivity contribution in [1.82, 2.24) is 4.98 Å². The minimum atomic E-state index is 0.446. The maximum Gasteiger partial charge on any atom is 0.145 e. The highest BCUT2D eigenvalue weighted by Crippen LogP contribution is 2.39. The Balaban J connectivity index is 2.15. The summed E-state index contributed by atoms with van der Waals surface area (Å²) in [6.45, 7) is 4.44. The lowest BCUT2D eigenvalue weighted by molar-refractivity contribution is 0.669. The predicted octanol–water partition coefficient (Wildman–Crippen LogP) is 5.77. The van der Waals surface area contributed by atoms with Crippen LogP contribution in [0.25, 0.3) is 33.2 Å². The van der Waals surface area contributed by atoms with Gasteiger partial charge in [-0.2, -0.15) is 0 Å². The molecular formula is C20H17NO. The van der Waals surface area contributed by atoms with Crippen LogP contribution in [0.5, 0.6) is 0 Å². The van der Waals surface area contributed by atoms with E-state index in [1.807, 2.05) is 36.5 Å². The van der Waals surface area contributed by atoms with Crippen molar-refractivity contribution >= 4 is 21.9 Å². The normalized spacial score (nSPS) is 11.6. The van der Waals surface area contributed by atoms with Gasteiger partial charge in [-0.1, -0.05) is 44.2 Å². The highest BCUT2D eigenvalue weighted by atomic mass is 16.3. The third kappa shape index (κ3) is 1.92. The van der Waals surface area contributed by atoms with Crippen LogP contribution >= 0.6 is 0 Å². The highest BCUT2D eigenvalue weighted by molar-refractivity contribution is 6.11. The molecular weight excluding hydrogens is 270 g/mol. The standard InChI is InChI=1S/C20H17NO/c1-13(2)14-10-11-15(17-8-5-6-12-21-17)20-19(14)16-7-3-4-9-18(16)22-20/h3-13H,1-2H3. The molecule has 0 aliphatic carbocycles. The number of rotatable bonds is 2. The van der Waals surface area contributed by atoms with Crippen LogP contribution in [0.2, 0.25) is 0 Å². The molecule has 0 aliphatic heterocycles. The second-order valence-electron chi connectivity index (χ2n) is 5.87. The van der Waals surface area contributed by atoms with Crippen molar-refractivity contribution in [2.24, 2.45) is 0 Å². The number of fused-ring (bicyclic) bond motifs is 3. The van der Waals surface area contributed by atoms with Crippen molar-refractivity contribution in [2.75, 3.05) is 0 Å². The van der Waals surface area contributed by atoms with E-state index in [0.717, 1.165) is 22.4 Å². The van der Waals surface area contributed by atoms with Gasteiger partial charge in [-0.15, -0.1) is 0 Å². The fraction of sp³-hybridized carbons (Fsp3) is 0.150. The molecule has 0 radical (unpaired) electrons. The van der Waals surface area contributed by atoms with Gasteiger partial charge in [-0.25, -0.2) is 0 Å². The quantitative estimate of drug-likeness (QED) is 0.467. The van der Waals surface area contributed by atoms with Gasteiger partial charge in [-0.05, 0) is 35.7 Å². The zero-order valence-electron chi connectivity index (χ0n) is 12.7. The van der Waals surface area contributed by atoms with Crippen LogP contribution in [-0.4, -0.2) is 4.98 Å². The Bertz CT molecular complexity index is 951. The highest BCUT2D eigenvalue weighted by Gasteiger charge is 2.17. The van der Waals surface area contributed by atoms with E-state index < -0.39 is 0 Å². The Labute approximate surface area is 129 Å². The Hall–Kier alpha value is -2.61. The molecule has 0 spiro atoms. The maximum absolute atomic E-state index is 6.19. The van der Waals surface area contributed by atoms with Crippen molar-refractivity contribution in [3.63, 3.8) is 0 Å². The molecule has 2 heterocycles. The molecule has 0 fully saturated rings. The summed E-state index contributed by atoms with van der Waals surface area (Å²) in [5, 5.41) is 2.40. The Morgan fingerprint density at radius 3 is 2.50 bits per heavy atom. The van der Waals surface area contributed by atoms with Crippen LogP contribution in [0.4, 0.5) is 0 Å². The minimum Gasteiger partial charge on any atom is -0.455 e. The topological polar surface area (TPSA) is 26.0 Å². The Kier molecular flexibility index (Phi) is 2.97. The number of hydrogen-bond acceptors (Lipinski definition) is 2. The lowest BCUT2D eigenvalue weighted by Gasteiger charge is -2.09. The summed E-state index contributed by atoms with van der Waals surface area (Å²) < 4.78 is 6.19. The smallest absolute Gasteiger partial charge is 0.145 e. The zero-order valence-corrected chi connectivity index (χ0v) is 12.7. The van der Waals surface area contributed by atoms with Gasteiger partial charge in [0.25, 0.3) is 0 Å². The summed E-state index contributed by atoms with van der Waals surface area (Å²) in [6.07, 6.45) is 1.82. The number of benzene rings is 2. The van der Waals surface area contributed by atoms with E-state index in [-0.39, 0.29) is 0 Å². The first-order valence-corrected chi connectivity index (χ1v) is 7.61. The summed E-state index contributed by atoms with van der Waals surface area (Å²) in [5.74, 6) is 0.446. The third-order valence-corrected chi connectivity index (χ3v) is 4.12. The largest absolute Gasteiger partial charge is 0.455 e. The van der Waals surface area contributed by atoms with Gasteiger partial charge in [0.05, 0.1) is 5.69 Å². The summed E-state index contributed by atoms with van der Waals surface area (Å²) >= 11 is 0. The van der Waals surface area contributed by atoms with Gasteiger partial charge in [-0.3, -0.25) is 4.98 Å². The summed E-state index contributed by atoms with van der Waals surface area (Å²) in [4.78, 5) is 4.48. The summed E-state index contributed by atoms with van der Waals surface area (Å²) in [6, 6.07) is 18.5. The number of hydrogen-bond donors (Lipinski definition) is 0. The molecule has 2 nitrogen and oxygen atoms in total. The van der Waals surface area contributed by atoms with Crippen molar-refractivity contribution in [1.29, 1.82) is 0 Å². The fourth-order valence-corrected chi connectivity index (χ4v) is 3.06. The van der Waals surface area contributed by atoms with Crippen molar-refractivity contribution in [3.8, 4) is 11.3 Å². The molecule has 2 aromatic carbocycles. The van der Waals surface area contributed by atoms with Gasteiger partial charge >= 0.3 is 0 Å². The Morgan fingerprint density at radius 1 is 0.909 bits per heavy atom. The maximum atomic E-state index is 6.19. The molecule has 0 aliphatic rings. The average Bonchev–Trinajstić information content (AvgIpc) is 2.94.